The third kappa shape index (κ3) is 3.42. The van der Waals surface area contributed by atoms with Gasteiger partial charge in [0.05, 0.1) is 6.54 Å². The van der Waals surface area contributed by atoms with Crippen molar-refractivity contribution >= 4 is 28.9 Å². The van der Waals surface area contributed by atoms with Crippen molar-refractivity contribution < 1.29 is 9.18 Å². The van der Waals surface area contributed by atoms with E-state index < -0.39 is 0 Å². The van der Waals surface area contributed by atoms with Gasteiger partial charge in [-0.3, -0.25) is 9.79 Å². The van der Waals surface area contributed by atoms with Gasteiger partial charge in [-0.15, -0.1) is 0 Å². The summed E-state index contributed by atoms with van der Waals surface area (Å²) >= 11 is 1.51. The molecule has 0 atom stereocenters. The molecular formula is C12H11FN2OS. The summed E-state index contributed by atoms with van der Waals surface area (Å²) in [6.07, 6.45) is 2.75. The molecule has 3 nitrogen and oxygen atoms in total. The average Bonchev–Trinajstić information content (AvgIpc) is 2.81. The molecule has 1 N–H and O–H groups in total. The number of amidine groups is 1. The van der Waals surface area contributed by atoms with Crippen LogP contribution >= 0.6 is 11.8 Å². The van der Waals surface area contributed by atoms with Gasteiger partial charge in [0.1, 0.15) is 5.82 Å². The number of hydrogen-bond donors (Lipinski definition) is 1. The lowest BCUT2D eigenvalue weighted by atomic mass is 10.2. The molecule has 0 fully saturated rings. The van der Waals surface area contributed by atoms with Gasteiger partial charge >= 0.3 is 0 Å². The molecule has 2 rings (SSSR count). The lowest BCUT2D eigenvalue weighted by molar-refractivity contribution is -0.115. The molecule has 17 heavy (non-hydrogen) atoms. The number of amides is 1. The maximum Gasteiger partial charge on any atom is 0.249 e. The number of nitrogens with one attached hydrogen (secondary N) is 1. The molecule has 0 aliphatic carbocycles. The highest BCUT2D eigenvalue weighted by Gasteiger charge is 2.08. The second-order valence-electron chi connectivity index (χ2n) is 3.38. The molecule has 0 aromatic heterocycles. The Morgan fingerprint density at radius 1 is 1.47 bits per heavy atom. The van der Waals surface area contributed by atoms with Crippen LogP contribution in [-0.4, -0.2) is 23.4 Å². The summed E-state index contributed by atoms with van der Waals surface area (Å²) in [6.45, 7) is 0.733. The number of benzene rings is 1. The van der Waals surface area contributed by atoms with E-state index in [-0.39, 0.29) is 11.7 Å². The molecule has 5 heteroatoms. The van der Waals surface area contributed by atoms with Gasteiger partial charge in [0, 0.05) is 17.4 Å². The number of aliphatic imine (C=N–C) groups is 1. The Bertz CT molecular complexity index is 485. The van der Waals surface area contributed by atoms with E-state index in [1.54, 1.807) is 18.2 Å². The molecule has 1 aromatic carbocycles. The number of hydrogen-bond acceptors (Lipinski definition) is 3. The summed E-state index contributed by atoms with van der Waals surface area (Å²) < 4.78 is 13.2. The number of nitrogens with zero attached hydrogens (tertiary/aromatic N) is 1. The van der Waals surface area contributed by atoms with Crippen LogP contribution in [0, 0.1) is 5.82 Å². The van der Waals surface area contributed by atoms with Crippen molar-refractivity contribution in [2.75, 3.05) is 12.3 Å². The number of thioether (sulfide) groups is 1. The van der Waals surface area contributed by atoms with Crippen molar-refractivity contribution in [2.24, 2.45) is 4.99 Å². The first kappa shape index (κ1) is 11.9. The van der Waals surface area contributed by atoms with Gasteiger partial charge in [0.25, 0.3) is 0 Å². The third-order valence-electron chi connectivity index (χ3n) is 2.14. The van der Waals surface area contributed by atoms with Crippen molar-refractivity contribution in [3.05, 3.63) is 41.7 Å². The second kappa shape index (κ2) is 5.63. The summed E-state index contributed by atoms with van der Waals surface area (Å²) in [6, 6.07) is 6.30. The molecule has 1 heterocycles. The predicted molar refractivity (Wildman–Crippen MR) is 68.3 cm³/mol. The molecular weight excluding hydrogens is 239 g/mol. The lowest BCUT2D eigenvalue weighted by Crippen LogP contribution is -2.25. The van der Waals surface area contributed by atoms with Gasteiger partial charge in [0.2, 0.25) is 5.91 Å². The monoisotopic (exact) mass is 250 g/mol. The molecule has 0 unspecified atom stereocenters. The van der Waals surface area contributed by atoms with E-state index in [1.807, 2.05) is 0 Å². The average molecular weight is 250 g/mol. The first-order valence-corrected chi connectivity index (χ1v) is 6.15. The highest BCUT2D eigenvalue weighted by atomic mass is 32.2. The minimum atomic E-state index is -0.343. The van der Waals surface area contributed by atoms with E-state index in [4.69, 9.17) is 0 Å². The largest absolute Gasteiger partial charge is 0.302 e. The summed E-state index contributed by atoms with van der Waals surface area (Å²) in [5, 5.41) is 3.27. The fourth-order valence-corrected chi connectivity index (χ4v) is 2.06. The summed E-state index contributed by atoms with van der Waals surface area (Å²) in [7, 11) is 0. The maximum atomic E-state index is 13.2. The Kier molecular flexibility index (Phi) is 3.93. The zero-order valence-electron chi connectivity index (χ0n) is 9.02. The Balaban J connectivity index is 1.96. The van der Waals surface area contributed by atoms with Crippen LogP contribution in [0.4, 0.5) is 4.39 Å². The highest BCUT2D eigenvalue weighted by Crippen LogP contribution is 2.10. The van der Waals surface area contributed by atoms with E-state index in [1.165, 1.54) is 30.0 Å². The van der Waals surface area contributed by atoms with E-state index in [2.05, 4.69) is 10.3 Å². The smallest absolute Gasteiger partial charge is 0.249 e. The molecule has 0 radical (unpaired) electrons. The minimum absolute atomic E-state index is 0.290. The quantitative estimate of drug-likeness (QED) is 0.816. The number of halogens is 1. The fourth-order valence-electron chi connectivity index (χ4n) is 1.33. The van der Waals surface area contributed by atoms with E-state index in [0.717, 1.165) is 12.3 Å². The SMILES string of the molecule is O=C(C=Cc1ccccc1F)NC1=NCCS1. The van der Waals surface area contributed by atoms with Crippen LogP contribution in [0.5, 0.6) is 0 Å². The summed E-state index contributed by atoms with van der Waals surface area (Å²) in [5.41, 5.74) is 0.392. The molecule has 0 spiro atoms. The van der Waals surface area contributed by atoms with Gasteiger partial charge in [-0.2, -0.15) is 0 Å². The summed E-state index contributed by atoms with van der Waals surface area (Å²) in [5.74, 6) is 0.262. The van der Waals surface area contributed by atoms with E-state index in [9.17, 15) is 9.18 Å². The first-order valence-electron chi connectivity index (χ1n) is 5.16. The normalized spacial score (nSPS) is 15.0. The predicted octanol–water partition coefficient (Wildman–Crippen LogP) is 2.06. The van der Waals surface area contributed by atoms with Gasteiger partial charge in [-0.25, -0.2) is 4.39 Å². The van der Waals surface area contributed by atoms with Crippen molar-refractivity contribution in [2.45, 2.75) is 0 Å². The zero-order valence-corrected chi connectivity index (χ0v) is 9.84. The third-order valence-corrected chi connectivity index (χ3v) is 3.03. The van der Waals surface area contributed by atoms with Gasteiger partial charge in [0.15, 0.2) is 5.17 Å². The standard InChI is InChI=1S/C12H11FN2OS/c13-10-4-2-1-3-9(10)5-6-11(16)15-12-14-7-8-17-12/h1-6H,7-8H2,(H,14,15,16). The Hall–Kier alpha value is -1.62. The van der Waals surface area contributed by atoms with E-state index in [0.29, 0.717) is 10.7 Å². The van der Waals surface area contributed by atoms with Gasteiger partial charge in [-0.05, 0) is 12.1 Å². The Labute approximate surface area is 103 Å². The Morgan fingerprint density at radius 2 is 2.29 bits per heavy atom. The molecule has 0 saturated heterocycles. The molecule has 1 aliphatic rings. The highest BCUT2D eigenvalue weighted by molar-refractivity contribution is 8.14. The molecule has 88 valence electrons. The van der Waals surface area contributed by atoms with Crippen molar-refractivity contribution in [3.8, 4) is 0 Å². The number of carbonyl (C=O) groups is 1. The van der Waals surface area contributed by atoms with Gasteiger partial charge < -0.3 is 5.32 Å². The van der Waals surface area contributed by atoms with Crippen LogP contribution in [0.3, 0.4) is 0 Å². The van der Waals surface area contributed by atoms with Crippen LogP contribution in [-0.2, 0) is 4.79 Å². The first-order chi connectivity index (χ1) is 8.25. The molecule has 1 amide bonds. The van der Waals surface area contributed by atoms with Crippen molar-refractivity contribution in [1.82, 2.24) is 5.32 Å². The number of rotatable bonds is 2. The zero-order chi connectivity index (χ0) is 12.1. The second-order valence-corrected chi connectivity index (χ2v) is 4.46. The lowest BCUT2D eigenvalue weighted by Gasteiger charge is -1.99. The van der Waals surface area contributed by atoms with Crippen LogP contribution in [0.2, 0.25) is 0 Å². The summed E-state index contributed by atoms with van der Waals surface area (Å²) in [4.78, 5) is 15.6. The van der Waals surface area contributed by atoms with E-state index >= 15 is 0 Å². The van der Waals surface area contributed by atoms with Gasteiger partial charge in [-0.1, -0.05) is 30.0 Å². The van der Waals surface area contributed by atoms with Crippen molar-refractivity contribution in [3.63, 3.8) is 0 Å². The maximum absolute atomic E-state index is 13.2. The molecule has 1 aliphatic heterocycles. The van der Waals surface area contributed by atoms with Crippen LogP contribution in [0.1, 0.15) is 5.56 Å². The number of carbonyl (C=O) groups excluding carboxylic acids is 1. The Morgan fingerprint density at radius 3 is 3.00 bits per heavy atom. The fraction of sp³-hybridized carbons (Fsp3) is 0.167. The topological polar surface area (TPSA) is 41.5 Å². The molecule has 0 bridgehead atoms. The van der Waals surface area contributed by atoms with Crippen LogP contribution in [0.25, 0.3) is 6.08 Å². The van der Waals surface area contributed by atoms with Crippen LogP contribution in [0.15, 0.2) is 35.3 Å². The minimum Gasteiger partial charge on any atom is -0.302 e. The van der Waals surface area contributed by atoms with Crippen LogP contribution < -0.4 is 5.32 Å². The van der Waals surface area contributed by atoms with Crippen molar-refractivity contribution in [1.29, 1.82) is 0 Å². The molecule has 1 aromatic rings. The molecule has 0 saturated carbocycles.